The molecule has 0 fully saturated rings. The monoisotopic (exact) mass is 319 g/mol. The zero-order chi connectivity index (χ0) is 15.5. The number of unbranched alkanes of at least 4 members (excludes halogenated alkanes) is 1. The van der Waals surface area contributed by atoms with E-state index in [1.54, 1.807) is 24.4 Å². The number of hydrogen-bond donors (Lipinski definition) is 1. The molecule has 0 spiro atoms. The summed E-state index contributed by atoms with van der Waals surface area (Å²) in [6.07, 6.45) is 4.75. The zero-order valence-electron chi connectivity index (χ0n) is 12.1. The third-order valence-corrected chi connectivity index (χ3v) is 3.54. The number of aromatic amines is 1. The number of H-pyrrole nitrogens is 1. The minimum absolute atomic E-state index is 0.357. The Labute approximate surface area is 132 Å². The van der Waals surface area contributed by atoms with Crippen molar-refractivity contribution >= 4 is 22.5 Å². The highest BCUT2D eigenvalue weighted by molar-refractivity contribution is 6.29. The molecule has 6 heteroatoms. The summed E-state index contributed by atoms with van der Waals surface area (Å²) in [4.78, 5) is 11.3. The maximum absolute atomic E-state index is 13.8. The summed E-state index contributed by atoms with van der Waals surface area (Å²) >= 11 is 5.99. The molecule has 0 aromatic carbocycles. The van der Waals surface area contributed by atoms with Crippen LogP contribution in [0.1, 0.15) is 19.8 Å². The Morgan fingerprint density at radius 1 is 1.32 bits per heavy atom. The number of nitrogens with zero attached hydrogens (tertiary/aromatic N) is 2. The second-order valence-electron chi connectivity index (χ2n) is 4.95. The van der Waals surface area contributed by atoms with E-state index in [2.05, 4.69) is 21.9 Å². The van der Waals surface area contributed by atoms with Crippen LogP contribution in [0.3, 0.4) is 0 Å². The third kappa shape index (κ3) is 2.90. The van der Waals surface area contributed by atoms with Crippen LogP contribution in [0.15, 0.2) is 30.6 Å². The van der Waals surface area contributed by atoms with Gasteiger partial charge in [-0.2, -0.15) is 0 Å². The van der Waals surface area contributed by atoms with Crippen LogP contribution in [0.25, 0.3) is 22.3 Å². The molecule has 1 N–H and O–H groups in total. The van der Waals surface area contributed by atoms with E-state index in [0.29, 0.717) is 39.8 Å². The summed E-state index contributed by atoms with van der Waals surface area (Å²) in [5.74, 6) is 0.244. The number of halogens is 2. The number of ether oxygens (including phenoxy) is 1. The van der Waals surface area contributed by atoms with Gasteiger partial charge in [0.1, 0.15) is 16.6 Å². The van der Waals surface area contributed by atoms with E-state index in [9.17, 15) is 4.39 Å². The molecular formula is C16H15ClFN3O. The molecule has 0 unspecified atom stereocenters. The molecule has 4 nitrogen and oxygen atoms in total. The zero-order valence-corrected chi connectivity index (χ0v) is 12.8. The summed E-state index contributed by atoms with van der Waals surface area (Å²) in [6.45, 7) is 2.70. The lowest BCUT2D eigenvalue weighted by molar-refractivity contribution is 0.309. The molecule has 0 saturated carbocycles. The van der Waals surface area contributed by atoms with Crippen molar-refractivity contribution in [3.05, 3.63) is 41.6 Å². The molecule has 0 atom stereocenters. The molecule has 3 heterocycles. The van der Waals surface area contributed by atoms with Gasteiger partial charge in [-0.25, -0.2) is 9.37 Å². The normalized spacial score (nSPS) is 11.0. The molecule has 114 valence electrons. The van der Waals surface area contributed by atoms with Gasteiger partial charge in [-0.05, 0) is 24.6 Å². The lowest BCUT2D eigenvalue weighted by Crippen LogP contribution is -1.99. The molecule has 3 rings (SSSR count). The molecule has 0 aliphatic rings. The van der Waals surface area contributed by atoms with Gasteiger partial charge in [-0.1, -0.05) is 24.9 Å². The maximum atomic E-state index is 13.8. The Balaban J connectivity index is 2.04. The second kappa shape index (κ2) is 6.32. The molecule has 0 amide bonds. The molecule has 22 heavy (non-hydrogen) atoms. The fourth-order valence-corrected chi connectivity index (χ4v) is 2.35. The van der Waals surface area contributed by atoms with Gasteiger partial charge in [0.05, 0.1) is 30.2 Å². The van der Waals surface area contributed by atoms with Crippen molar-refractivity contribution in [3.63, 3.8) is 0 Å². The number of aromatic nitrogens is 3. The average molecular weight is 320 g/mol. The van der Waals surface area contributed by atoms with Crippen molar-refractivity contribution in [2.45, 2.75) is 19.8 Å². The summed E-state index contributed by atoms with van der Waals surface area (Å²) in [7, 11) is 0. The lowest BCUT2D eigenvalue weighted by atomic mass is 10.2. The van der Waals surface area contributed by atoms with E-state index < -0.39 is 0 Å². The molecule has 3 aromatic rings. The van der Waals surface area contributed by atoms with Gasteiger partial charge in [0.2, 0.25) is 0 Å². The fourth-order valence-electron chi connectivity index (χ4n) is 2.20. The van der Waals surface area contributed by atoms with E-state index in [-0.39, 0.29) is 5.82 Å². The van der Waals surface area contributed by atoms with Crippen LogP contribution in [0.4, 0.5) is 4.39 Å². The summed E-state index contributed by atoms with van der Waals surface area (Å²) < 4.78 is 19.5. The van der Waals surface area contributed by atoms with Gasteiger partial charge >= 0.3 is 0 Å². The number of pyridine rings is 2. The molecule has 0 aliphatic heterocycles. The number of fused-ring (bicyclic) bond motifs is 1. The first-order valence-electron chi connectivity index (χ1n) is 7.11. The SMILES string of the molecule is CCCCOc1ccc(Cl)nc1-c1cc2c(F)cncc2[nH]1. The number of rotatable bonds is 5. The highest BCUT2D eigenvalue weighted by Gasteiger charge is 2.14. The first kappa shape index (κ1) is 14.8. The standard InChI is InChI=1S/C16H15ClFN3O/c1-2-3-6-22-14-4-5-15(17)21-16(14)12-7-10-11(18)8-19-9-13(10)20-12/h4-5,7-9,20H,2-3,6H2,1H3. The Kier molecular flexibility index (Phi) is 4.24. The Morgan fingerprint density at radius 2 is 2.18 bits per heavy atom. The van der Waals surface area contributed by atoms with Crippen LogP contribution >= 0.6 is 11.6 Å². The average Bonchev–Trinajstić information content (AvgIpc) is 2.94. The number of nitrogens with one attached hydrogen (secondary N) is 1. The number of hydrogen-bond acceptors (Lipinski definition) is 3. The van der Waals surface area contributed by atoms with Crippen LogP contribution in [0.5, 0.6) is 5.75 Å². The van der Waals surface area contributed by atoms with Crippen LogP contribution in [0.2, 0.25) is 5.15 Å². The van der Waals surface area contributed by atoms with Crippen molar-refractivity contribution in [2.75, 3.05) is 6.61 Å². The van der Waals surface area contributed by atoms with Crippen LogP contribution < -0.4 is 4.74 Å². The Bertz CT molecular complexity index is 803. The molecule has 3 aromatic heterocycles. The Morgan fingerprint density at radius 3 is 2.95 bits per heavy atom. The third-order valence-electron chi connectivity index (χ3n) is 3.33. The second-order valence-corrected chi connectivity index (χ2v) is 5.34. The van der Waals surface area contributed by atoms with Gasteiger partial charge in [0, 0.05) is 5.39 Å². The van der Waals surface area contributed by atoms with Gasteiger partial charge in [0.25, 0.3) is 0 Å². The van der Waals surface area contributed by atoms with Crippen molar-refractivity contribution in [1.82, 2.24) is 15.0 Å². The van der Waals surface area contributed by atoms with E-state index in [1.165, 1.54) is 6.20 Å². The van der Waals surface area contributed by atoms with E-state index in [0.717, 1.165) is 12.8 Å². The van der Waals surface area contributed by atoms with Gasteiger partial charge in [0.15, 0.2) is 5.82 Å². The van der Waals surface area contributed by atoms with Crippen molar-refractivity contribution in [2.24, 2.45) is 0 Å². The molecule has 0 aliphatic carbocycles. The topological polar surface area (TPSA) is 50.8 Å². The molecular weight excluding hydrogens is 305 g/mol. The smallest absolute Gasteiger partial charge is 0.150 e. The minimum atomic E-state index is -0.379. The molecule has 0 saturated heterocycles. The van der Waals surface area contributed by atoms with Crippen molar-refractivity contribution in [1.29, 1.82) is 0 Å². The van der Waals surface area contributed by atoms with Crippen LogP contribution in [-0.2, 0) is 0 Å². The highest BCUT2D eigenvalue weighted by Crippen LogP contribution is 2.32. The lowest BCUT2D eigenvalue weighted by Gasteiger charge is -2.09. The van der Waals surface area contributed by atoms with Crippen LogP contribution in [0, 0.1) is 5.82 Å². The predicted molar refractivity (Wildman–Crippen MR) is 84.7 cm³/mol. The van der Waals surface area contributed by atoms with Crippen molar-refractivity contribution < 1.29 is 9.13 Å². The van der Waals surface area contributed by atoms with E-state index >= 15 is 0 Å². The van der Waals surface area contributed by atoms with Gasteiger partial charge in [-0.15, -0.1) is 0 Å². The predicted octanol–water partition coefficient (Wildman–Crippen LogP) is 4.60. The Hall–Kier alpha value is -2.14. The van der Waals surface area contributed by atoms with E-state index in [1.807, 2.05) is 0 Å². The molecule has 0 bridgehead atoms. The summed E-state index contributed by atoms with van der Waals surface area (Å²) in [6, 6.07) is 5.15. The first-order chi connectivity index (χ1) is 10.7. The summed E-state index contributed by atoms with van der Waals surface area (Å²) in [5, 5.41) is 0.821. The fraction of sp³-hybridized carbons (Fsp3) is 0.250. The highest BCUT2D eigenvalue weighted by atomic mass is 35.5. The van der Waals surface area contributed by atoms with Crippen molar-refractivity contribution in [3.8, 4) is 17.1 Å². The van der Waals surface area contributed by atoms with E-state index in [4.69, 9.17) is 16.3 Å². The van der Waals surface area contributed by atoms with Gasteiger partial charge < -0.3 is 9.72 Å². The largest absolute Gasteiger partial charge is 0.491 e. The quantitative estimate of drug-likeness (QED) is 0.552. The first-order valence-corrected chi connectivity index (χ1v) is 7.48. The van der Waals surface area contributed by atoms with Gasteiger partial charge in [-0.3, -0.25) is 4.98 Å². The maximum Gasteiger partial charge on any atom is 0.150 e. The summed E-state index contributed by atoms with van der Waals surface area (Å²) in [5.41, 5.74) is 1.83. The minimum Gasteiger partial charge on any atom is -0.491 e. The molecule has 0 radical (unpaired) electrons. The van der Waals surface area contributed by atoms with Crippen LogP contribution in [-0.4, -0.2) is 21.6 Å².